The number of phenolic OH excluding ortho intramolecular Hbond substituents is 1. The minimum absolute atomic E-state index is 0.201. The molecule has 0 atom stereocenters. The van der Waals surface area contributed by atoms with Crippen LogP contribution in [-0.2, 0) is 0 Å². The van der Waals surface area contributed by atoms with Gasteiger partial charge < -0.3 is 10.0 Å². The zero-order valence-corrected chi connectivity index (χ0v) is 15.4. The van der Waals surface area contributed by atoms with E-state index in [1.807, 2.05) is 43.3 Å². The third-order valence-corrected chi connectivity index (χ3v) is 4.82. The van der Waals surface area contributed by atoms with Crippen LogP contribution in [0.1, 0.15) is 30.7 Å². The summed E-state index contributed by atoms with van der Waals surface area (Å²) >= 11 is 0. The Bertz CT molecular complexity index is 979. The molecule has 1 saturated heterocycles. The van der Waals surface area contributed by atoms with Crippen molar-refractivity contribution >= 4 is 28.6 Å². The summed E-state index contributed by atoms with van der Waals surface area (Å²) in [7, 11) is 0. The molecule has 0 aliphatic carbocycles. The average molecular weight is 361 g/mol. The lowest BCUT2D eigenvalue weighted by Gasteiger charge is -2.27. The van der Waals surface area contributed by atoms with Gasteiger partial charge >= 0.3 is 0 Å². The van der Waals surface area contributed by atoms with E-state index in [2.05, 4.69) is 25.4 Å². The third-order valence-electron chi connectivity index (χ3n) is 4.82. The Labute approximate surface area is 158 Å². The lowest BCUT2D eigenvalue weighted by Crippen LogP contribution is -2.30. The van der Waals surface area contributed by atoms with Gasteiger partial charge in [0.05, 0.1) is 6.21 Å². The highest BCUT2D eigenvalue weighted by Crippen LogP contribution is 2.25. The first kappa shape index (κ1) is 17.3. The van der Waals surface area contributed by atoms with Crippen LogP contribution >= 0.6 is 0 Å². The van der Waals surface area contributed by atoms with Crippen molar-refractivity contribution in [2.45, 2.75) is 26.2 Å². The molecule has 6 nitrogen and oxygen atoms in total. The van der Waals surface area contributed by atoms with Crippen molar-refractivity contribution in [3.05, 3.63) is 53.9 Å². The molecule has 1 aliphatic rings. The van der Waals surface area contributed by atoms with E-state index in [4.69, 9.17) is 0 Å². The summed E-state index contributed by atoms with van der Waals surface area (Å²) in [4.78, 5) is 11.3. The lowest BCUT2D eigenvalue weighted by atomic mass is 10.0. The Morgan fingerprint density at radius 3 is 2.74 bits per heavy atom. The summed E-state index contributed by atoms with van der Waals surface area (Å²) in [6.07, 6.45) is 5.31. The van der Waals surface area contributed by atoms with E-state index in [-0.39, 0.29) is 5.75 Å². The summed E-state index contributed by atoms with van der Waals surface area (Å²) in [6.45, 7) is 3.95. The van der Waals surface area contributed by atoms with Crippen LogP contribution < -0.4 is 10.3 Å². The van der Waals surface area contributed by atoms with Crippen LogP contribution in [0.15, 0.2) is 47.6 Å². The number of rotatable bonds is 4. The number of hydrogen-bond acceptors (Lipinski definition) is 6. The fourth-order valence-electron chi connectivity index (χ4n) is 3.48. The van der Waals surface area contributed by atoms with Gasteiger partial charge in [-0.1, -0.05) is 30.3 Å². The number of anilines is 2. The Kier molecular flexibility index (Phi) is 4.87. The van der Waals surface area contributed by atoms with Crippen molar-refractivity contribution in [1.29, 1.82) is 0 Å². The Morgan fingerprint density at radius 1 is 1.07 bits per heavy atom. The number of nitrogens with zero attached hydrogens (tertiary/aromatic N) is 4. The normalized spacial score (nSPS) is 14.8. The zero-order valence-electron chi connectivity index (χ0n) is 15.4. The molecule has 4 rings (SSSR count). The Balaban J connectivity index is 1.57. The van der Waals surface area contributed by atoms with E-state index in [0.29, 0.717) is 17.2 Å². The fourth-order valence-corrected chi connectivity index (χ4v) is 3.48. The standard InChI is InChI=1S/C21H23N5O/c1-15-23-20(13-21(24-15)26-11-5-2-6-12-26)25-22-14-18-17-8-4-3-7-16(17)9-10-19(18)27/h3-4,7-10,13-14,27H,2,5-6,11-12H2,1H3,(H,23,24,25)/b22-14+. The molecule has 0 amide bonds. The second-order valence-corrected chi connectivity index (χ2v) is 6.80. The predicted molar refractivity (Wildman–Crippen MR) is 110 cm³/mol. The molecule has 2 heterocycles. The summed E-state index contributed by atoms with van der Waals surface area (Å²) in [5.74, 6) is 2.50. The van der Waals surface area contributed by atoms with Gasteiger partial charge in [0.2, 0.25) is 0 Å². The fraction of sp³-hybridized carbons (Fsp3) is 0.286. The maximum Gasteiger partial charge on any atom is 0.152 e. The van der Waals surface area contributed by atoms with Crippen molar-refractivity contribution in [1.82, 2.24) is 9.97 Å². The first-order valence-electron chi connectivity index (χ1n) is 9.31. The largest absolute Gasteiger partial charge is 0.507 e. The number of fused-ring (bicyclic) bond motifs is 1. The van der Waals surface area contributed by atoms with Gasteiger partial charge in [0.25, 0.3) is 0 Å². The van der Waals surface area contributed by atoms with Crippen LogP contribution in [0.2, 0.25) is 0 Å². The second-order valence-electron chi connectivity index (χ2n) is 6.80. The summed E-state index contributed by atoms with van der Waals surface area (Å²) in [5, 5.41) is 16.5. The van der Waals surface area contributed by atoms with E-state index in [1.165, 1.54) is 19.3 Å². The third kappa shape index (κ3) is 3.84. The summed E-state index contributed by atoms with van der Waals surface area (Å²) in [6, 6.07) is 13.4. The van der Waals surface area contributed by atoms with Gasteiger partial charge in [-0.3, -0.25) is 5.43 Å². The molecule has 2 N–H and O–H groups in total. The number of aryl methyl sites for hydroxylation is 1. The van der Waals surface area contributed by atoms with Crippen LogP contribution in [0.25, 0.3) is 10.8 Å². The van der Waals surface area contributed by atoms with Gasteiger partial charge in [0.15, 0.2) is 5.82 Å². The quantitative estimate of drug-likeness (QED) is 0.541. The van der Waals surface area contributed by atoms with Crippen LogP contribution in [-0.4, -0.2) is 34.4 Å². The smallest absolute Gasteiger partial charge is 0.152 e. The molecule has 1 aliphatic heterocycles. The minimum Gasteiger partial charge on any atom is -0.507 e. The van der Waals surface area contributed by atoms with E-state index >= 15 is 0 Å². The van der Waals surface area contributed by atoms with E-state index in [0.717, 1.165) is 29.7 Å². The molecule has 1 fully saturated rings. The molecule has 138 valence electrons. The summed E-state index contributed by atoms with van der Waals surface area (Å²) < 4.78 is 0. The molecule has 27 heavy (non-hydrogen) atoms. The molecule has 0 unspecified atom stereocenters. The first-order chi connectivity index (χ1) is 13.2. The molecule has 6 heteroatoms. The lowest BCUT2D eigenvalue weighted by molar-refractivity contribution is 0.475. The predicted octanol–water partition coefficient (Wildman–Crippen LogP) is 4.08. The highest BCUT2D eigenvalue weighted by atomic mass is 16.3. The minimum atomic E-state index is 0.201. The van der Waals surface area contributed by atoms with Gasteiger partial charge in [-0.15, -0.1) is 0 Å². The summed E-state index contributed by atoms with van der Waals surface area (Å²) in [5.41, 5.74) is 3.67. The number of hydrogen-bond donors (Lipinski definition) is 2. The highest BCUT2D eigenvalue weighted by molar-refractivity contribution is 6.02. The van der Waals surface area contributed by atoms with Crippen molar-refractivity contribution in [3.8, 4) is 5.75 Å². The van der Waals surface area contributed by atoms with Gasteiger partial charge in [0, 0.05) is 24.7 Å². The van der Waals surface area contributed by atoms with Gasteiger partial charge in [-0.2, -0.15) is 5.10 Å². The number of phenols is 1. The topological polar surface area (TPSA) is 73.6 Å². The molecule has 0 spiro atoms. The monoisotopic (exact) mass is 361 g/mol. The van der Waals surface area contributed by atoms with Crippen LogP contribution in [0, 0.1) is 6.92 Å². The number of aromatic nitrogens is 2. The number of hydrazone groups is 1. The van der Waals surface area contributed by atoms with Gasteiger partial charge in [-0.05, 0) is 43.0 Å². The van der Waals surface area contributed by atoms with Crippen LogP contribution in [0.5, 0.6) is 5.75 Å². The van der Waals surface area contributed by atoms with Crippen molar-refractivity contribution in [2.24, 2.45) is 5.10 Å². The van der Waals surface area contributed by atoms with Crippen LogP contribution in [0.4, 0.5) is 11.6 Å². The second kappa shape index (κ2) is 7.61. The van der Waals surface area contributed by atoms with Crippen molar-refractivity contribution in [2.75, 3.05) is 23.4 Å². The van der Waals surface area contributed by atoms with Crippen molar-refractivity contribution < 1.29 is 5.11 Å². The molecular weight excluding hydrogens is 338 g/mol. The number of piperidine rings is 1. The Morgan fingerprint density at radius 2 is 1.89 bits per heavy atom. The van der Waals surface area contributed by atoms with E-state index < -0.39 is 0 Å². The van der Waals surface area contributed by atoms with Gasteiger partial charge in [-0.25, -0.2) is 9.97 Å². The molecule has 1 aromatic heterocycles. The molecule has 0 radical (unpaired) electrons. The SMILES string of the molecule is Cc1nc(N/N=C/c2c(O)ccc3ccccc23)cc(N2CCCCC2)n1. The first-order valence-corrected chi connectivity index (χ1v) is 9.31. The zero-order chi connectivity index (χ0) is 18.6. The number of nitrogens with one attached hydrogen (secondary N) is 1. The van der Waals surface area contributed by atoms with Crippen LogP contribution in [0.3, 0.4) is 0 Å². The molecule has 3 aromatic rings. The molecule has 0 bridgehead atoms. The van der Waals surface area contributed by atoms with E-state index in [9.17, 15) is 5.11 Å². The van der Waals surface area contributed by atoms with Crippen molar-refractivity contribution in [3.63, 3.8) is 0 Å². The van der Waals surface area contributed by atoms with E-state index in [1.54, 1.807) is 12.3 Å². The molecule has 2 aromatic carbocycles. The highest BCUT2D eigenvalue weighted by Gasteiger charge is 2.13. The number of benzene rings is 2. The Hall–Kier alpha value is -3.15. The van der Waals surface area contributed by atoms with Gasteiger partial charge in [0.1, 0.15) is 17.4 Å². The molecule has 0 saturated carbocycles. The maximum absolute atomic E-state index is 10.2. The average Bonchev–Trinajstić information content (AvgIpc) is 2.70. The number of aromatic hydroxyl groups is 1. The maximum atomic E-state index is 10.2. The molecular formula is C21H23N5O.